The SMILES string of the molecule is Cc1ccnn1C(C)C(=O)N1CCn2c(nnc2C(F)(F)F)C1. The van der Waals surface area contributed by atoms with Crippen molar-refractivity contribution in [3.05, 3.63) is 29.6 Å². The third-order valence-electron chi connectivity index (χ3n) is 3.91. The van der Waals surface area contributed by atoms with Crippen LogP contribution in [0, 0.1) is 6.92 Å². The number of hydrogen-bond acceptors (Lipinski definition) is 4. The summed E-state index contributed by atoms with van der Waals surface area (Å²) in [5, 5.41) is 10.9. The molecule has 0 fully saturated rings. The van der Waals surface area contributed by atoms with Crippen molar-refractivity contribution in [2.24, 2.45) is 0 Å². The first-order valence-corrected chi connectivity index (χ1v) is 7.07. The highest BCUT2D eigenvalue weighted by molar-refractivity contribution is 5.80. The van der Waals surface area contributed by atoms with Crippen molar-refractivity contribution in [3.63, 3.8) is 0 Å². The fraction of sp³-hybridized carbons (Fsp3) is 0.538. The number of rotatable bonds is 2. The van der Waals surface area contributed by atoms with Crippen LogP contribution in [0.4, 0.5) is 13.2 Å². The van der Waals surface area contributed by atoms with E-state index in [1.54, 1.807) is 23.9 Å². The van der Waals surface area contributed by atoms with Crippen LogP contribution in [-0.2, 0) is 24.1 Å². The summed E-state index contributed by atoms with van der Waals surface area (Å²) in [6.45, 7) is 3.75. The van der Waals surface area contributed by atoms with Crippen LogP contribution >= 0.6 is 0 Å². The summed E-state index contributed by atoms with van der Waals surface area (Å²) >= 11 is 0. The molecule has 10 heteroatoms. The molecule has 124 valence electrons. The lowest BCUT2D eigenvalue weighted by atomic mass is 10.2. The van der Waals surface area contributed by atoms with E-state index >= 15 is 0 Å². The summed E-state index contributed by atoms with van der Waals surface area (Å²) in [5.74, 6) is -1.09. The first-order valence-electron chi connectivity index (χ1n) is 7.07. The Morgan fingerprint density at radius 3 is 2.65 bits per heavy atom. The van der Waals surface area contributed by atoms with Crippen molar-refractivity contribution in [2.75, 3.05) is 6.54 Å². The van der Waals surface area contributed by atoms with Gasteiger partial charge >= 0.3 is 6.18 Å². The van der Waals surface area contributed by atoms with Gasteiger partial charge in [-0.15, -0.1) is 10.2 Å². The van der Waals surface area contributed by atoms with Crippen LogP contribution in [0.25, 0.3) is 0 Å². The van der Waals surface area contributed by atoms with E-state index in [1.807, 2.05) is 6.92 Å². The molecule has 0 radical (unpaired) electrons. The van der Waals surface area contributed by atoms with E-state index in [-0.39, 0.29) is 31.4 Å². The second kappa shape index (κ2) is 5.36. The standard InChI is InChI=1S/C13H15F3N6O/c1-8-3-4-17-22(8)9(2)11(23)20-5-6-21-10(7-20)18-19-12(21)13(14,15)16/h3-4,9H,5-7H2,1-2H3. The largest absolute Gasteiger partial charge is 0.451 e. The minimum Gasteiger partial charge on any atom is -0.332 e. The molecule has 0 aromatic carbocycles. The number of alkyl halides is 3. The van der Waals surface area contributed by atoms with Crippen LogP contribution in [0.1, 0.15) is 30.3 Å². The van der Waals surface area contributed by atoms with Gasteiger partial charge in [-0.25, -0.2) is 0 Å². The fourth-order valence-electron chi connectivity index (χ4n) is 2.71. The molecule has 7 nitrogen and oxygen atoms in total. The van der Waals surface area contributed by atoms with Crippen molar-refractivity contribution in [2.45, 2.75) is 39.2 Å². The van der Waals surface area contributed by atoms with Gasteiger partial charge in [0, 0.05) is 25.0 Å². The molecule has 0 bridgehead atoms. The summed E-state index contributed by atoms with van der Waals surface area (Å²) in [6.07, 6.45) is -2.95. The van der Waals surface area contributed by atoms with Crippen LogP contribution < -0.4 is 0 Å². The Balaban J connectivity index is 1.79. The monoisotopic (exact) mass is 328 g/mol. The molecule has 1 unspecified atom stereocenters. The molecular weight excluding hydrogens is 313 g/mol. The van der Waals surface area contributed by atoms with Crippen LogP contribution in [0.15, 0.2) is 12.3 Å². The smallest absolute Gasteiger partial charge is 0.332 e. The third-order valence-corrected chi connectivity index (χ3v) is 3.91. The Kier molecular flexibility index (Phi) is 3.61. The zero-order valence-electron chi connectivity index (χ0n) is 12.6. The summed E-state index contributed by atoms with van der Waals surface area (Å²) < 4.78 is 41.0. The maximum absolute atomic E-state index is 12.8. The quantitative estimate of drug-likeness (QED) is 0.836. The summed E-state index contributed by atoms with van der Waals surface area (Å²) in [7, 11) is 0. The molecule has 1 atom stereocenters. The summed E-state index contributed by atoms with van der Waals surface area (Å²) in [5.41, 5.74) is 0.838. The Morgan fingerprint density at radius 2 is 2.04 bits per heavy atom. The van der Waals surface area contributed by atoms with Gasteiger partial charge in [0.15, 0.2) is 5.82 Å². The van der Waals surface area contributed by atoms with Crippen molar-refractivity contribution in [3.8, 4) is 0 Å². The Hall–Kier alpha value is -2.39. The highest BCUT2D eigenvalue weighted by Gasteiger charge is 2.40. The zero-order valence-corrected chi connectivity index (χ0v) is 12.6. The van der Waals surface area contributed by atoms with Gasteiger partial charge in [0.1, 0.15) is 6.04 Å². The van der Waals surface area contributed by atoms with E-state index in [0.29, 0.717) is 0 Å². The van der Waals surface area contributed by atoms with E-state index in [0.717, 1.165) is 10.3 Å². The molecule has 1 aliphatic rings. The maximum Gasteiger partial charge on any atom is 0.451 e. The van der Waals surface area contributed by atoms with E-state index in [1.165, 1.54) is 4.90 Å². The van der Waals surface area contributed by atoms with Gasteiger partial charge in [0.25, 0.3) is 0 Å². The molecule has 0 saturated carbocycles. The molecular formula is C13H15F3N6O. The molecule has 0 aliphatic carbocycles. The Bertz CT molecular complexity index is 734. The molecule has 1 aliphatic heterocycles. The number of halogens is 3. The van der Waals surface area contributed by atoms with Gasteiger partial charge in [0.05, 0.1) is 6.54 Å². The number of amides is 1. The molecule has 0 saturated heterocycles. The number of aromatic nitrogens is 5. The molecule has 0 N–H and O–H groups in total. The number of carbonyl (C=O) groups excluding carboxylic acids is 1. The predicted octanol–water partition coefficient (Wildman–Crippen LogP) is 1.41. The number of carbonyl (C=O) groups is 1. The molecule has 3 heterocycles. The summed E-state index contributed by atoms with van der Waals surface area (Å²) in [4.78, 5) is 14.0. The number of nitrogens with zero attached hydrogens (tertiary/aromatic N) is 6. The molecule has 0 spiro atoms. The second-order valence-corrected chi connectivity index (χ2v) is 5.44. The van der Waals surface area contributed by atoms with Gasteiger partial charge in [-0.1, -0.05) is 0 Å². The van der Waals surface area contributed by atoms with Crippen LogP contribution in [-0.4, -0.2) is 41.9 Å². The van der Waals surface area contributed by atoms with E-state index in [4.69, 9.17) is 0 Å². The van der Waals surface area contributed by atoms with Crippen LogP contribution in [0.5, 0.6) is 0 Å². The molecule has 2 aromatic rings. The van der Waals surface area contributed by atoms with Crippen molar-refractivity contribution < 1.29 is 18.0 Å². The number of fused-ring (bicyclic) bond motifs is 1. The highest BCUT2D eigenvalue weighted by atomic mass is 19.4. The van der Waals surface area contributed by atoms with Gasteiger partial charge in [-0.3, -0.25) is 9.48 Å². The molecule has 3 rings (SSSR count). The zero-order chi connectivity index (χ0) is 16.8. The first-order chi connectivity index (χ1) is 10.8. The minimum absolute atomic E-state index is 0.00652. The van der Waals surface area contributed by atoms with Crippen molar-refractivity contribution in [1.29, 1.82) is 0 Å². The number of hydrogen-bond donors (Lipinski definition) is 0. The molecule has 1 amide bonds. The number of aryl methyl sites for hydroxylation is 1. The van der Waals surface area contributed by atoms with Crippen LogP contribution in [0.2, 0.25) is 0 Å². The van der Waals surface area contributed by atoms with Gasteiger partial charge in [-0.2, -0.15) is 18.3 Å². The average molecular weight is 328 g/mol. The fourth-order valence-corrected chi connectivity index (χ4v) is 2.71. The lowest BCUT2D eigenvalue weighted by Crippen LogP contribution is -2.42. The Morgan fingerprint density at radius 1 is 1.30 bits per heavy atom. The van der Waals surface area contributed by atoms with Crippen molar-refractivity contribution >= 4 is 5.91 Å². The lowest BCUT2D eigenvalue weighted by Gasteiger charge is -2.30. The molecule has 23 heavy (non-hydrogen) atoms. The van der Waals surface area contributed by atoms with Gasteiger partial charge in [0.2, 0.25) is 11.7 Å². The van der Waals surface area contributed by atoms with Crippen molar-refractivity contribution in [1.82, 2.24) is 29.4 Å². The first kappa shape index (κ1) is 15.5. The molecule has 2 aromatic heterocycles. The van der Waals surface area contributed by atoms with E-state index in [9.17, 15) is 18.0 Å². The normalized spacial score (nSPS) is 16.3. The average Bonchev–Trinajstić information content (AvgIpc) is 3.10. The maximum atomic E-state index is 12.8. The topological polar surface area (TPSA) is 68.8 Å². The Labute approximate surface area is 129 Å². The highest BCUT2D eigenvalue weighted by Crippen LogP contribution is 2.29. The van der Waals surface area contributed by atoms with Crippen LogP contribution in [0.3, 0.4) is 0 Å². The third kappa shape index (κ3) is 2.68. The van der Waals surface area contributed by atoms with Gasteiger partial charge < -0.3 is 9.47 Å². The predicted molar refractivity (Wildman–Crippen MR) is 72.1 cm³/mol. The van der Waals surface area contributed by atoms with Gasteiger partial charge in [-0.05, 0) is 19.9 Å². The van der Waals surface area contributed by atoms with E-state index in [2.05, 4.69) is 15.3 Å². The van der Waals surface area contributed by atoms with E-state index < -0.39 is 18.0 Å². The second-order valence-electron chi connectivity index (χ2n) is 5.44. The minimum atomic E-state index is -4.54. The lowest BCUT2D eigenvalue weighted by molar-refractivity contribution is -0.148. The summed E-state index contributed by atoms with van der Waals surface area (Å²) in [6, 6.07) is 1.26.